The second kappa shape index (κ2) is 21.9. The predicted octanol–water partition coefficient (Wildman–Crippen LogP) is 10.8. The van der Waals surface area contributed by atoms with E-state index in [1.807, 2.05) is 25.1 Å². The summed E-state index contributed by atoms with van der Waals surface area (Å²) in [5, 5.41) is -0.0599. The molecule has 0 amide bonds. The molecule has 9 heterocycles. The van der Waals surface area contributed by atoms with Gasteiger partial charge in [-0.1, -0.05) is 70.7 Å². The number of epoxide rings is 4. The van der Waals surface area contributed by atoms with Gasteiger partial charge in [0, 0.05) is 74.5 Å². The minimum absolute atomic E-state index is 0.0841. The van der Waals surface area contributed by atoms with Crippen molar-refractivity contribution in [3.8, 4) is 35.2 Å². The maximum Gasteiger partial charge on any atom is 0.223 e. The highest BCUT2D eigenvalue weighted by Crippen LogP contribution is 2.38. The fourth-order valence-electron chi connectivity index (χ4n) is 6.95. The van der Waals surface area contributed by atoms with Crippen LogP contribution in [0.3, 0.4) is 0 Å². The van der Waals surface area contributed by atoms with Gasteiger partial charge in [0.2, 0.25) is 20.5 Å². The smallest absolute Gasteiger partial charge is 0.223 e. The molecule has 7 aromatic rings. The van der Waals surface area contributed by atoms with Crippen LogP contribution in [0.1, 0.15) is 68.2 Å². The summed E-state index contributed by atoms with van der Waals surface area (Å²) in [7, 11) is 0. The minimum atomic E-state index is -0.236. The van der Waals surface area contributed by atoms with Crippen LogP contribution >= 0.6 is 92.4 Å². The lowest BCUT2D eigenvalue weighted by molar-refractivity contribution is -0.112. The number of carbonyl (C=O) groups excluding carboxylic acids is 4. The molecule has 11 nitrogen and oxygen atoms in total. The average molecular weight is 1090 g/mol. The summed E-state index contributed by atoms with van der Waals surface area (Å²) in [5.41, 5.74) is 4.66. The van der Waals surface area contributed by atoms with Crippen molar-refractivity contribution in [2.75, 3.05) is 37.9 Å². The molecule has 19 heteroatoms. The number of nitrogens with zero attached hydrogens (tertiary/aromatic N) is 1. The van der Waals surface area contributed by atoms with E-state index in [2.05, 4.69) is 47.9 Å². The molecule has 4 saturated heterocycles. The number of carbonyl (C=O) groups is 4. The number of rotatable bonds is 18. The van der Waals surface area contributed by atoms with Gasteiger partial charge in [-0.2, -0.15) is 0 Å². The lowest BCUT2D eigenvalue weighted by Gasteiger charge is -2.14. The maximum atomic E-state index is 13.6. The van der Waals surface area contributed by atoms with Crippen LogP contribution in [0.15, 0.2) is 72.9 Å². The Balaban J connectivity index is 0.733. The Morgan fingerprint density at radius 2 is 1.07 bits per heavy atom. The number of aromatic nitrogens is 1. The van der Waals surface area contributed by atoms with Crippen LogP contribution in [0.4, 0.5) is 0 Å². The molecule has 11 rings (SSSR count). The molecule has 4 unspecified atom stereocenters. The molecule has 0 radical (unpaired) electrons. The first-order valence-electron chi connectivity index (χ1n) is 22.3. The quantitative estimate of drug-likeness (QED) is 0.0592. The van der Waals surface area contributed by atoms with Gasteiger partial charge in [-0.3, -0.25) is 24.2 Å². The van der Waals surface area contributed by atoms with Gasteiger partial charge < -0.3 is 28.4 Å². The van der Waals surface area contributed by atoms with E-state index in [9.17, 15) is 19.2 Å². The van der Waals surface area contributed by atoms with Gasteiger partial charge in [0.05, 0.1) is 65.2 Å². The first-order chi connectivity index (χ1) is 34.6. The third kappa shape index (κ3) is 13.0. The first kappa shape index (κ1) is 48.8. The summed E-state index contributed by atoms with van der Waals surface area (Å²) >= 11 is 11.6. The van der Waals surface area contributed by atoms with E-state index in [4.69, 9.17) is 33.4 Å². The van der Waals surface area contributed by atoms with Gasteiger partial charge >= 0.3 is 0 Å². The molecule has 2 aromatic carbocycles. The summed E-state index contributed by atoms with van der Waals surface area (Å²) in [6, 6.07) is 21.3. The van der Waals surface area contributed by atoms with Gasteiger partial charge in [0.1, 0.15) is 36.9 Å². The molecule has 4 fully saturated rings. The number of hydrogen-bond donors (Lipinski definition) is 0. The fourth-order valence-corrected chi connectivity index (χ4v) is 15.0. The van der Waals surface area contributed by atoms with Crippen molar-refractivity contribution in [2.24, 2.45) is 0 Å². The Morgan fingerprint density at radius 3 is 1.52 bits per heavy atom. The van der Waals surface area contributed by atoms with E-state index in [0.717, 1.165) is 49.4 Å². The number of thioether (sulfide) groups is 4. The number of thiophene rings is 4. The van der Waals surface area contributed by atoms with Crippen LogP contribution in [-0.4, -0.2) is 87.8 Å². The van der Waals surface area contributed by atoms with Crippen molar-refractivity contribution in [2.45, 2.75) is 56.1 Å². The van der Waals surface area contributed by atoms with E-state index in [0.29, 0.717) is 88.9 Å². The summed E-state index contributed by atoms with van der Waals surface area (Å²) in [4.78, 5) is 60.1. The average Bonchev–Trinajstić information content (AvgIpc) is 4.17. The molecule has 4 aliphatic rings. The Hall–Kier alpha value is -4.45. The largest absolute Gasteiger partial charge is 0.488 e. The van der Waals surface area contributed by atoms with Crippen LogP contribution < -0.4 is 9.47 Å². The molecule has 0 N–H and O–H groups in total. The number of benzene rings is 2. The van der Waals surface area contributed by atoms with Crippen molar-refractivity contribution in [1.82, 2.24) is 4.98 Å². The van der Waals surface area contributed by atoms with E-state index < -0.39 is 0 Å². The molecule has 4 aliphatic heterocycles. The lowest BCUT2D eigenvalue weighted by atomic mass is 10.1. The Bertz CT molecular complexity index is 3290. The molecule has 0 spiro atoms. The highest BCUT2D eigenvalue weighted by molar-refractivity contribution is 8.14. The molecule has 0 aliphatic carbocycles. The summed E-state index contributed by atoms with van der Waals surface area (Å²) in [5.74, 6) is 16.3. The molecule has 0 bridgehead atoms. The third-order valence-corrected chi connectivity index (χ3v) is 19.9. The zero-order valence-electron chi connectivity index (χ0n) is 37.6. The van der Waals surface area contributed by atoms with Gasteiger partial charge in [-0.15, -0.1) is 45.3 Å². The van der Waals surface area contributed by atoms with Crippen LogP contribution in [-0.2, 0) is 53.3 Å². The third-order valence-electron chi connectivity index (χ3n) is 11.1. The monoisotopic (exact) mass is 1090 g/mol. The molecule has 71 heavy (non-hydrogen) atoms. The topological polar surface area (TPSA) is 150 Å². The van der Waals surface area contributed by atoms with Crippen LogP contribution in [0.2, 0.25) is 0 Å². The summed E-state index contributed by atoms with van der Waals surface area (Å²) in [6.07, 6.45) is 1.43. The van der Waals surface area contributed by atoms with Crippen LogP contribution in [0.25, 0.3) is 18.8 Å². The summed E-state index contributed by atoms with van der Waals surface area (Å²) < 4.78 is 38.1. The van der Waals surface area contributed by atoms with Gasteiger partial charge in [-0.05, 0) is 79.2 Å². The number of aryl methyl sites for hydroxylation is 1. The van der Waals surface area contributed by atoms with E-state index in [1.165, 1.54) is 47.0 Å². The second-order valence-electron chi connectivity index (χ2n) is 16.7. The van der Waals surface area contributed by atoms with E-state index in [-0.39, 0.29) is 58.1 Å². The molecule has 0 saturated carbocycles. The highest BCUT2D eigenvalue weighted by Gasteiger charge is 2.32. The zero-order valence-corrected chi connectivity index (χ0v) is 44.1. The normalized spacial score (nSPS) is 18.3. The maximum absolute atomic E-state index is 13.6. The Kier molecular flexibility index (Phi) is 15.1. The summed E-state index contributed by atoms with van der Waals surface area (Å²) in [6.45, 7) is 4.64. The van der Waals surface area contributed by atoms with Gasteiger partial charge in [0.25, 0.3) is 0 Å². The van der Waals surface area contributed by atoms with Crippen molar-refractivity contribution in [3.05, 3.63) is 132 Å². The molecule has 4 atom stereocenters. The van der Waals surface area contributed by atoms with Crippen molar-refractivity contribution in [3.63, 3.8) is 0 Å². The predicted molar refractivity (Wildman–Crippen MR) is 287 cm³/mol. The first-order valence-corrected chi connectivity index (χ1v) is 29.5. The van der Waals surface area contributed by atoms with Crippen molar-refractivity contribution < 1.29 is 47.6 Å². The van der Waals surface area contributed by atoms with Crippen LogP contribution in [0, 0.1) is 30.6 Å². The van der Waals surface area contributed by atoms with E-state index >= 15 is 0 Å². The van der Waals surface area contributed by atoms with Crippen molar-refractivity contribution >= 4 is 132 Å². The van der Waals surface area contributed by atoms with Crippen molar-refractivity contribution in [1.29, 1.82) is 0 Å². The van der Waals surface area contributed by atoms with E-state index in [1.54, 1.807) is 75.8 Å². The number of ether oxygens (including phenoxy) is 6. The number of pyridine rings is 1. The molecule has 5 aromatic heterocycles. The molecule has 360 valence electrons. The Morgan fingerprint density at radius 1 is 0.592 bits per heavy atom. The highest BCUT2D eigenvalue weighted by atomic mass is 32.2. The number of fused-ring (bicyclic) bond motifs is 2. The van der Waals surface area contributed by atoms with Gasteiger partial charge in [0.15, 0.2) is 0 Å². The fraction of sp³-hybridized carbons (Fsp3) is 0.288. The zero-order chi connectivity index (χ0) is 48.4. The molecular formula is C52H39NO10S8. The van der Waals surface area contributed by atoms with Crippen LogP contribution in [0.5, 0.6) is 11.5 Å². The Labute approximate surface area is 441 Å². The number of hydrogen-bond acceptors (Lipinski definition) is 19. The SMILES string of the molecule is Cc1cc(COc2ccc(C#Cc3cc4sc(CSC(=O)C5CO5)cc4s3)cc2C(=O)SCC2CO2)cnc1COc1ccc(C#Cc2cc3sc(CSC(=O)C4CO4)cc3s2)cc1C(=O)SCC1CO1. The lowest BCUT2D eigenvalue weighted by Crippen LogP contribution is -2.08. The minimum Gasteiger partial charge on any atom is -0.488 e. The second-order valence-corrected chi connectivity index (χ2v) is 25.1. The van der Waals surface area contributed by atoms with Gasteiger partial charge in [-0.25, -0.2) is 0 Å². The standard InChI is InChI=1S/C52H39NO10S8/c1-28-10-31(18-60-41-8-4-29(11-38(41)49(54)64-24-32-19-58-32)2-6-34-13-45-47(68-34)15-36(70-45)26-66-51(56)43-22-62-43)17-53-40(28)21-61-42-9-5-30(12-39(42)50(55)65-25-33-20-59-33)3-7-35-14-46-48(69-35)16-37(71-46)27-67-52(57)44-23-63-44/h4-5,8-17,32-33,43-44H,18-27H2,1H3. The molecular weight excluding hydrogens is 1060 g/mol.